The normalized spacial score (nSPS) is 16.4. The molecule has 1 saturated heterocycles. The number of amides is 3. The third-order valence-electron chi connectivity index (χ3n) is 7.82. The Balaban J connectivity index is 1.60. The van der Waals surface area contributed by atoms with Crippen LogP contribution in [0.3, 0.4) is 0 Å². The number of halogens is 3. The van der Waals surface area contributed by atoms with Gasteiger partial charge in [0.15, 0.2) is 5.69 Å². The van der Waals surface area contributed by atoms with Crippen molar-refractivity contribution in [2.45, 2.75) is 63.8 Å². The Labute approximate surface area is 267 Å². The second-order valence-corrected chi connectivity index (χ2v) is 11.0. The van der Waals surface area contributed by atoms with E-state index in [1.807, 2.05) is 0 Å². The number of carboxylic acids is 1. The van der Waals surface area contributed by atoms with Crippen molar-refractivity contribution in [3.63, 3.8) is 0 Å². The molecular weight excluding hydrogens is 631 g/mol. The monoisotopic (exact) mass is 667 g/mol. The minimum absolute atomic E-state index is 0.0827. The Morgan fingerprint density at radius 1 is 0.979 bits per heavy atom. The number of alkyl halides is 3. The molecule has 2 N–H and O–H groups in total. The molecule has 2 fully saturated rings. The molecule has 0 spiro atoms. The van der Waals surface area contributed by atoms with Gasteiger partial charge < -0.3 is 34.4 Å². The number of piperazine rings is 1. The van der Waals surface area contributed by atoms with Gasteiger partial charge in [-0.15, -0.1) is 0 Å². The molecule has 3 amide bonds. The average Bonchev–Trinajstić information content (AvgIpc) is 3.44. The van der Waals surface area contributed by atoms with Gasteiger partial charge in [-0.05, 0) is 63.8 Å². The summed E-state index contributed by atoms with van der Waals surface area (Å²) in [6, 6.07) is 3.80. The van der Waals surface area contributed by atoms with Crippen molar-refractivity contribution in [1.29, 1.82) is 0 Å². The predicted octanol–water partition coefficient (Wildman–Crippen LogP) is 3.02. The number of nitrogens with zero attached hydrogens (tertiary/aromatic N) is 4. The van der Waals surface area contributed by atoms with E-state index in [9.17, 15) is 42.3 Å². The largest absolute Gasteiger partial charge is 0.481 e. The number of hydrogen-bond acceptors (Lipinski definition) is 9. The van der Waals surface area contributed by atoms with Crippen LogP contribution in [0.25, 0.3) is 5.69 Å². The van der Waals surface area contributed by atoms with Crippen molar-refractivity contribution >= 4 is 29.8 Å². The highest BCUT2D eigenvalue weighted by Gasteiger charge is 2.49. The average molecular weight is 668 g/mol. The molecule has 17 heteroatoms. The summed E-state index contributed by atoms with van der Waals surface area (Å²) in [6.45, 7) is 4.14. The standard InChI is InChI=1S/C30H36F3N5O9/c1-3-45-27(43)29(12-5-13-29)47-23-18-22(35-38(23)20-8-6-19(7-9-20)30(31,32)33)25(41)34-21(10-11-24(39)40)26(42)36-14-16-37(17-15-36)28(44)46-4-2/h6-9,18,21H,3-5,10-17H2,1-2H3,(H,34,41)(H,39,40). The second-order valence-electron chi connectivity index (χ2n) is 11.0. The van der Waals surface area contributed by atoms with E-state index < -0.39 is 59.6 Å². The van der Waals surface area contributed by atoms with Gasteiger partial charge in [0.2, 0.25) is 17.4 Å². The number of aromatic nitrogens is 2. The van der Waals surface area contributed by atoms with E-state index in [-0.39, 0.29) is 63.1 Å². The van der Waals surface area contributed by atoms with Gasteiger partial charge in [0, 0.05) is 38.7 Å². The summed E-state index contributed by atoms with van der Waals surface area (Å²) < 4.78 is 57.0. The first-order valence-electron chi connectivity index (χ1n) is 15.1. The molecule has 1 aromatic carbocycles. The number of ether oxygens (including phenoxy) is 3. The third kappa shape index (κ3) is 8.31. The molecule has 1 aliphatic carbocycles. The van der Waals surface area contributed by atoms with Gasteiger partial charge in [0.05, 0.1) is 24.5 Å². The van der Waals surface area contributed by atoms with Crippen LogP contribution in [0.5, 0.6) is 5.88 Å². The van der Waals surface area contributed by atoms with Crippen molar-refractivity contribution in [1.82, 2.24) is 24.9 Å². The molecule has 0 radical (unpaired) electrons. The van der Waals surface area contributed by atoms with E-state index in [4.69, 9.17) is 14.2 Å². The van der Waals surface area contributed by atoms with Crippen LogP contribution in [0.2, 0.25) is 0 Å². The zero-order valence-corrected chi connectivity index (χ0v) is 25.9. The molecule has 1 aromatic heterocycles. The van der Waals surface area contributed by atoms with Crippen LogP contribution in [-0.4, -0.2) is 106 Å². The smallest absolute Gasteiger partial charge is 0.416 e. The lowest BCUT2D eigenvalue weighted by atomic mass is 9.80. The summed E-state index contributed by atoms with van der Waals surface area (Å²) in [5, 5.41) is 16.0. The van der Waals surface area contributed by atoms with Gasteiger partial charge in [0.25, 0.3) is 5.91 Å². The Hall–Kier alpha value is -4.83. The number of nitrogens with one attached hydrogen (secondary N) is 1. The highest BCUT2D eigenvalue weighted by atomic mass is 19.4. The predicted molar refractivity (Wildman–Crippen MR) is 156 cm³/mol. The maximum atomic E-state index is 13.5. The van der Waals surface area contributed by atoms with Gasteiger partial charge in [-0.25, -0.2) is 14.3 Å². The topological polar surface area (TPSA) is 170 Å². The Bertz CT molecular complexity index is 1470. The number of aliphatic carboxylic acids is 1. The molecule has 2 heterocycles. The number of esters is 1. The van der Waals surface area contributed by atoms with Crippen molar-refractivity contribution in [2.75, 3.05) is 39.4 Å². The van der Waals surface area contributed by atoms with E-state index in [1.165, 1.54) is 15.9 Å². The molecule has 2 aromatic rings. The fraction of sp³-hybridized carbons (Fsp3) is 0.533. The fourth-order valence-electron chi connectivity index (χ4n) is 5.13. The van der Waals surface area contributed by atoms with Crippen LogP contribution in [0.4, 0.5) is 18.0 Å². The Morgan fingerprint density at radius 3 is 2.13 bits per heavy atom. The Morgan fingerprint density at radius 2 is 1.60 bits per heavy atom. The lowest BCUT2D eigenvalue weighted by Crippen LogP contribution is -2.56. The number of benzene rings is 1. The van der Waals surface area contributed by atoms with Crippen LogP contribution >= 0.6 is 0 Å². The lowest BCUT2D eigenvalue weighted by molar-refractivity contribution is -0.170. The van der Waals surface area contributed by atoms with Gasteiger partial charge in [-0.3, -0.25) is 14.4 Å². The summed E-state index contributed by atoms with van der Waals surface area (Å²) in [6.07, 6.45) is -4.61. The van der Waals surface area contributed by atoms with E-state index in [2.05, 4.69) is 10.4 Å². The first-order valence-corrected chi connectivity index (χ1v) is 15.1. The van der Waals surface area contributed by atoms with Crippen LogP contribution in [-0.2, 0) is 30.0 Å². The quantitative estimate of drug-likeness (QED) is 0.321. The van der Waals surface area contributed by atoms with Crippen molar-refractivity contribution in [3.8, 4) is 11.6 Å². The maximum absolute atomic E-state index is 13.5. The van der Waals surface area contributed by atoms with Crippen LogP contribution in [0.1, 0.15) is 62.0 Å². The molecule has 47 heavy (non-hydrogen) atoms. The molecule has 0 bridgehead atoms. The van der Waals surface area contributed by atoms with Gasteiger partial charge in [-0.2, -0.15) is 18.3 Å². The van der Waals surface area contributed by atoms with Crippen LogP contribution < -0.4 is 10.1 Å². The molecule has 256 valence electrons. The zero-order chi connectivity index (χ0) is 34.4. The number of carboxylic acid groups (broad SMARTS) is 1. The molecule has 1 aliphatic heterocycles. The van der Waals surface area contributed by atoms with Crippen molar-refractivity contribution in [3.05, 3.63) is 41.6 Å². The highest BCUT2D eigenvalue weighted by molar-refractivity contribution is 5.96. The number of hydrogen-bond donors (Lipinski definition) is 2. The van der Waals surface area contributed by atoms with Crippen molar-refractivity contribution < 1.29 is 56.5 Å². The summed E-state index contributed by atoms with van der Waals surface area (Å²) >= 11 is 0. The molecule has 1 saturated carbocycles. The molecule has 2 aliphatic rings. The highest BCUT2D eigenvalue weighted by Crippen LogP contribution is 2.39. The summed E-state index contributed by atoms with van der Waals surface area (Å²) in [7, 11) is 0. The van der Waals surface area contributed by atoms with E-state index in [0.29, 0.717) is 19.3 Å². The Kier molecular flexibility index (Phi) is 11.0. The van der Waals surface area contributed by atoms with Gasteiger partial charge in [0.1, 0.15) is 6.04 Å². The molecule has 1 atom stereocenters. The lowest BCUT2D eigenvalue weighted by Gasteiger charge is -2.38. The maximum Gasteiger partial charge on any atom is 0.416 e. The fourth-order valence-corrected chi connectivity index (χ4v) is 5.13. The minimum Gasteiger partial charge on any atom is -0.481 e. The summed E-state index contributed by atoms with van der Waals surface area (Å²) in [4.78, 5) is 66.0. The summed E-state index contributed by atoms with van der Waals surface area (Å²) in [5.74, 6) is -3.44. The molecule has 14 nitrogen and oxygen atoms in total. The van der Waals surface area contributed by atoms with Gasteiger partial charge >= 0.3 is 24.2 Å². The minimum atomic E-state index is -4.60. The van der Waals surface area contributed by atoms with E-state index in [1.54, 1.807) is 13.8 Å². The van der Waals surface area contributed by atoms with Crippen LogP contribution in [0, 0.1) is 0 Å². The molecular formula is C30H36F3N5O9. The SMILES string of the molecule is CCOC(=O)N1CCN(C(=O)C(CCC(=O)O)NC(=O)c2cc(OC3(C(=O)OCC)CCC3)n(-c3ccc(C(F)(F)F)cc3)n2)CC1. The first-order chi connectivity index (χ1) is 22.3. The number of rotatable bonds is 12. The van der Waals surface area contributed by atoms with Gasteiger partial charge in [-0.1, -0.05) is 0 Å². The van der Waals surface area contributed by atoms with E-state index in [0.717, 1.165) is 28.9 Å². The third-order valence-corrected chi connectivity index (χ3v) is 7.82. The first kappa shape index (κ1) is 35.0. The molecule has 1 unspecified atom stereocenters. The van der Waals surface area contributed by atoms with E-state index >= 15 is 0 Å². The molecule has 4 rings (SSSR count). The summed E-state index contributed by atoms with van der Waals surface area (Å²) in [5.41, 5.74) is -2.53. The van der Waals surface area contributed by atoms with Crippen LogP contribution in [0.15, 0.2) is 30.3 Å². The second kappa shape index (κ2) is 14.7. The zero-order valence-electron chi connectivity index (χ0n) is 25.9. The number of carbonyl (C=O) groups is 5. The number of carbonyl (C=O) groups excluding carboxylic acids is 4. The van der Waals surface area contributed by atoms with Crippen molar-refractivity contribution in [2.24, 2.45) is 0 Å².